The van der Waals surface area contributed by atoms with Gasteiger partial charge in [0.15, 0.2) is 0 Å². The van der Waals surface area contributed by atoms with E-state index in [1.54, 1.807) is 42.5 Å². The van der Waals surface area contributed by atoms with Crippen LogP contribution < -0.4 is 4.74 Å². The predicted molar refractivity (Wildman–Crippen MR) is 123 cm³/mol. The molecule has 2 atom stereocenters. The minimum absolute atomic E-state index is 0.294. The lowest BCUT2D eigenvalue weighted by atomic mass is 10.0. The van der Waals surface area contributed by atoms with Gasteiger partial charge in [-0.2, -0.15) is 0 Å². The molecular weight excluding hydrogens is 449 g/mol. The van der Waals surface area contributed by atoms with Gasteiger partial charge < -0.3 is 14.7 Å². The van der Waals surface area contributed by atoms with Crippen LogP contribution in [-0.2, 0) is 11.4 Å². The van der Waals surface area contributed by atoms with E-state index in [0.29, 0.717) is 40.8 Å². The summed E-state index contributed by atoms with van der Waals surface area (Å²) in [6.45, 7) is 0.294. The number of carboxylic acids is 1. The Balaban J connectivity index is 1.54. The number of aliphatic carboxylic acids is 1. The van der Waals surface area contributed by atoms with E-state index < -0.39 is 12.0 Å². The molecule has 3 aromatic rings. The molecule has 1 aliphatic rings. The van der Waals surface area contributed by atoms with Gasteiger partial charge in [0.1, 0.15) is 18.4 Å². The first-order chi connectivity index (χ1) is 15.5. The number of hydrogen-bond acceptors (Lipinski definition) is 3. The monoisotopic (exact) mass is 469 g/mol. The predicted octanol–water partition coefficient (Wildman–Crippen LogP) is 6.00. The van der Waals surface area contributed by atoms with Gasteiger partial charge in [-0.3, -0.25) is 4.79 Å². The second-order valence-electron chi connectivity index (χ2n) is 7.60. The number of carbonyl (C=O) groups excluding carboxylic acids is 1. The molecule has 3 aromatic carbocycles. The molecule has 0 spiro atoms. The number of likely N-dealkylation sites (tertiary alicyclic amines) is 1. The molecule has 164 valence electrons. The fourth-order valence-corrected chi connectivity index (χ4v) is 4.45. The number of hydrogen-bond donors (Lipinski definition) is 1. The normalized spacial score (nSPS) is 17.9. The molecule has 1 heterocycles. The SMILES string of the molecule is O=C(O)[C@@H]1CC[C@H](c2ccccc2Cl)N1C(=O)c1ccc(COc2ccccc2Cl)cc1. The molecule has 1 amide bonds. The zero-order valence-electron chi connectivity index (χ0n) is 17.1. The fourth-order valence-electron chi connectivity index (χ4n) is 4.00. The van der Waals surface area contributed by atoms with Gasteiger partial charge in [0.25, 0.3) is 5.91 Å². The van der Waals surface area contributed by atoms with E-state index in [-0.39, 0.29) is 11.9 Å². The fraction of sp³-hybridized carbons (Fsp3) is 0.200. The number of ether oxygens (including phenoxy) is 1. The van der Waals surface area contributed by atoms with E-state index in [1.807, 2.05) is 30.3 Å². The molecule has 1 aliphatic heterocycles. The quantitative estimate of drug-likeness (QED) is 0.480. The molecule has 7 heteroatoms. The van der Waals surface area contributed by atoms with Crippen molar-refractivity contribution in [1.82, 2.24) is 4.90 Å². The van der Waals surface area contributed by atoms with E-state index in [4.69, 9.17) is 27.9 Å². The van der Waals surface area contributed by atoms with Crippen LogP contribution >= 0.6 is 23.2 Å². The zero-order chi connectivity index (χ0) is 22.7. The van der Waals surface area contributed by atoms with Gasteiger partial charge in [-0.15, -0.1) is 0 Å². The summed E-state index contributed by atoms with van der Waals surface area (Å²) in [6.07, 6.45) is 0.914. The molecule has 0 unspecified atom stereocenters. The highest BCUT2D eigenvalue weighted by molar-refractivity contribution is 6.32. The summed E-state index contributed by atoms with van der Waals surface area (Å²) in [5.41, 5.74) is 2.04. The lowest BCUT2D eigenvalue weighted by molar-refractivity contribution is -0.141. The van der Waals surface area contributed by atoms with Crippen LogP contribution in [0.3, 0.4) is 0 Å². The van der Waals surface area contributed by atoms with Crippen molar-refractivity contribution >= 4 is 35.1 Å². The molecule has 5 nitrogen and oxygen atoms in total. The molecule has 0 saturated carbocycles. The summed E-state index contributed by atoms with van der Waals surface area (Å²) in [7, 11) is 0. The summed E-state index contributed by atoms with van der Waals surface area (Å²) >= 11 is 12.5. The van der Waals surface area contributed by atoms with Gasteiger partial charge in [0.2, 0.25) is 0 Å². The third-order valence-electron chi connectivity index (χ3n) is 5.60. The topological polar surface area (TPSA) is 66.8 Å². The van der Waals surface area contributed by atoms with Gasteiger partial charge in [-0.25, -0.2) is 4.79 Å². The van der Waals surface area contributed by atoms with Crippen LogP contribution in [0.5, 0.6) is 5.75 Å². The number of amides is 1. The molecular formula is C25H21Cl2NO4. The van der Waals surface area contributed by atoms with E-state index in [1.165, 1.54) is 4.90 Å². The van der Waals surface area contributed by atoms with Gasteiger partial charge in [0.05, 0.1) is 11.1 Å². The average molecular weight is 470 g/mol. The van der Waals surface area contributed by atoms with Crippen molar-refractivity contribution in [3.8, 4) is 5.75 Å². The maximum Gasteiger partial charge on any atom is 0.326 e. The lowest BCUT2D eigenvalue weighted by Crippen LogP contribution is -2.41. The maximum atomic E-state index is 13.4. The molecule has 0 aliphatic carbocycles. The number of halogens is 2. The second kappa shape index (κ2) is 9.63. The molecule has 1 fully saturated rings. The van der Waals surface area contributed by atoms with Crippen molar-refractivity contribution in [2.24, 2.45) is 0 Å². The third-order valence-corrected chi connectivity index (χ3v) is 6.26. The first kappa shape index (κ1) is 22.2. The number of nitrogens with zero attached hydrogens (tertiary/aromatic N) is 1. The highest BCUT2D eigenvalue weighted by Gasteiger charge is 2.42. The minimum Gasteiger partial charge on any atom is -0.487 e. The number of para-hydroxylation sites is 1. The Morgan fingerprint density at radius 3 is 2.22 bits per heavy atom. The third kappa shape index (κ3) is 4.59. The van der Waals surface area contributed by atoms with Gasteiger partial charge in [0, 0.05) is 10.6 Å². The Morgan fingerprint density at radius 2 is 1.56 bits per heavy atom. The first-order valence-corrected chi connectivity index (χ1v) is 11.0. The summed E-state index contributed by atoms with van der Waals surface area (Å²) in [5.74, 6) is -0.769. The Kier molecular flexibility index (Phi) is 6.68. The van der Waals surface area contributed by atoms with Crippen LogP contribution in [0.2, 0.25) is 10.0 Å². The van der Waals surface area contributed by atoms with Crippen molar-refractivity contribution < 1.29 is 19.4 Å². The van der Waals surface area contributed by atoms with E-state index in [9.17, 15) is 14.7 Å². The number of rotatable bonds is 6. The molecule has 32 heavy (non-hydrogen) atoms. The molecule has 1 saturated heterocycles. The van der Waals surface area contributed by atoms with Crippen LogP contribution in [0.4, 0.5) is 0 Å². The molecule has 0 aromatic heterocycles. The van der Waals surface area contributed by atoms with Crippen molar-refractivity contribution in [3.05, 3.63) is 99.5 Å². The van der Waals surface area contributed by atoms with Crippen LogP contribution in [0.15, 0.2) is 72.8 Å². The van der Waals surface area contributed by atoms with Gasteiger partial charge >= 0.3 is 5.97 Å². The summed E-state index contributed by atoms with van der Waals surface area (Å²) in [4.78, 5) is 26.7. The largest absolute Gasteiger partial charge is 0.487 e. The molecule has 0 radical (unpaired) electrons. The Morgan fingerprint density at radius 1 is 0.906 bits per heavy atom. The van der Waals surface area contributed by atoms with Gasteiger partial charge in [-0.1, -0.05) is 65.7 Å². The summed E-state index contributed by atoms with van der Waals surface area (Å²) in [6, 6.07) is 20.1. The van der Waals surface area contributed by atoms with E-state index in [2.05, 4.69) is 0 Å². The van der Waals surface area contributed by atoms with Crippen LogP contribution in [0, 0.1) is 0 Å². The molecule has 1 N–H and O–H groups in total. The van der Waals surface area contributed by atoms with Crippen LogP contribution in [0.25, 0.3) is 0 Å². The highest BCUT2D eigenvalue weighted by atomic mass is 35.5. The minimum atomic E-state index is -1.02. The van der Waals surface area contributed by atoms with Crippen molar-refractivity contribution in [1.29, 1.82) is 0 Å². The zero-order valence-corrected chi connectivity index (χ0v) is 18.6. The smallest absolute Gasteiger partial charge is 0.326 e. The average Bonchev–Trinajstić information content (AvgIpc) is 3.24. The number of carboxylic acid groups (broad SMARTS) is 1. The van der Waals surface area contributed by atoms with E-state index >= 15 is 0 Å². The lowest BCUT2D eigenvalue weighted by Gasteiger charge is -2.29. The van der Waals surface area contributed by atoms with E-state index in [0.717, 1.165) is 11.1 Å². The molecule has 4 rings (SSSR count). The van der Waals surface area contributed by atoms with Crippen molar-refractivity contribution in [2.45, 2.75) is 31.5 Å². The highest BCUT2D eigenvalue weighted by Crippen LogP contribution is 2.40. The summed E-state index contributed by atoms with van der Waals surface area (Å²) in [5, 5.41) is 10.8. The second-order valence-corrected chi connectivity index (χ2v) is 8.41. The molecule has 0 bridgehead atoms. The van der Waals surface area contributed by atoms with Crippen molar-refractivity contribution in [3.63, 3.8) is 0 Å². The van der Waals surface area contributed by atoms with Crippen LogP contribution in [-0.4, -0.2) is 27.9 Å². The van der Waals surface area contributed by atoms with Crippen molar-refractivity contribution in [2.75, 3.05) is 0 Å². The standard InChI is InChI=1S/C25H21Cl2NO4/c26-19-6-2-1-5-18(19)21-13-14-22(25(30)31)28(21)24(29)17-11-9-16(10-12-17)15-32-23-8-4-3-7-20(23)27/h1-12,21-22H,13-15H2,(H,30,31)/t21-,22+/m1/s1. The Bertz CT molecular complexity index is 1130. The first-order valence-electron chi connectivity index (χ1n) is 10.2. The van der Waals surface area contributed by atoms with Gasteiger partial charge in [-0.05, 0) is 54.3 Å². The summed E-state index contributed by atoms with van der Waals surface area (Å²) < 4.78 is 5.74. The van der Waals surface area contributed by atoms with Crippen LogP contribution in [0.1, 0.15) is 40.4 Å². The number of benzene rings is 3. The maximum absolute atomic E-state index is 13.4. The Hall–Kier alpha value is -3.02. The Labute approximate surface area is 196 Å². The number of carbonyl (C=O) groups is 2.